The molecule has 0 saturated carbocycles. The predicted molar refractivity (Wildman–Crippen MR) is 86.7 cm³/mol. The zero-order chi connectivity index (χ0) is 17.9. The number of benzene rings is 2. The van der Waals surface area contributed by atoms with E-state index in [4.69, 9.17) is 5.11 Å². The Balaban J connectivity index is 2.49. The van der Waals surface area contributed by atoms with Crippen LogP contribution in [0.25, 0.3) is 0 Å². The Kier molecular flexibility index (Phi) is 4.89. The van der Waals surface area contributed by atoms with Crippen LogP contribution in [0.1, 0.15) is 26.3 Å². The summed E-state index contributed by atoms with van der Waals surface area (Å²) in [6.07, 6.45) is 0. The first kappa shape index (κ1) is 17.5. The summed E-state index contributed by atoms with van der Waals surface area (Å²) in [5, 5.41) is 9.03. The van der Waals surface area contributed by atoms with Crippen molar-refractivity contribution in [2.75, 3.05) is 11.8 Å². The van der Waals surface area contributed by atoms with E-state index in [9.17, 15) is 18.0 Å². The highest BCUT2D eigenvalue weighted by molar-refractivity contribution is 7.92. The Bertz CT molecular complexity index is 905. The predicted octanol–water partition coefficient (Wildman–Crippen LogP) is 2.28. The zero-order valence-electron chi connectivity index (χ0n) is 12.9. The molecule has 0 saturated heterocycles. The second-order valence-electron chi connectivity index (χ2n) is 4.93. The number of carboxylic acid groups (broad SMARTS) is 1. The molecule has 0 aromatic heterocycles. The number of esters is 1. The molecule has 0 amide bonds. The van der Waals surface area contributed by atoms with E-state index in [1.807, 2.05) is 0 Å². The van der Waals surface area contributed by atoms with Crippen molar-refractivity contribution < 1.29 is 27.9 Å². The minimum atomic E-state index is -4.11. The van der Waals surface area contributed by atoms with Gasteiger partial charge in [0.2, 0.25) is 0 Å². The van der Waals surface area contributed by atoms with Gasteiger partial charge in [0.05, 0.1) is 23.9 Å². The van der Waals surface area contributed by atoms with Gasteiger partial charge in [0.25, 0.3) is 10.0 Å². The van der Waals surface area contributed by atoms with Crippen molar-refractivity contribution in [3.8, 4) is 0 Å². The van der Waals surface area contributed by atoms with Crippen LogP contribution in [-0.2, 0) is 14.8 Å². The van der Waals surface area contributed by atoms with Gasteiger partial charge in [-0.25, -0.2) is 18.0 Å². The van der Waals surface area contributed by atoms with Gasteiger partial charge < -0.3 is 9.84 Å². The zero-order valence-corrected chi connectivity index (χ0v) is 13.8. The quantitative estimate of drug-likeness (QED) is 0.802. The van der Waals surface area contributed by atoms with Crippen LogP contribution in [0.4, 0.5) is 5.69 Å². The fourth-order valence-electron chi connectivity index (χ4n) is 2.04. The maximum atomic E-state index is 12.6. The van der Waals surface area contributed by atoms with E-state index in [0.29, 0.717) is 5.56 Å². The number of hydrogen-bond donors (Lipinski definition) is 2. The van der Waals surface area contributed by atoms with Gasteiger partial charge in [-0.1, -0.05) is 18.2 Å². The lowest BCUT2D eigenvalue weighted by Crippen LogP contribution is -2.18. The second kappa shape index (κ2) is 6.71. The van der Waals surface area contributed by atoms with Gasteiger partial charge in [-0.05, 0) is 36.8 Å². The number of aromatic carboxylic acids is 1. The van der Waals surface area contributed by atoms with Gasteiger partial charge in [-0.3, -0.25) is 4.72 Å². The fourth-order valence-corrected chi connectivity index (χ4v) is 3.36. The molecule has 7 nitrogen and oxygen atoms in total. The summed E-state index contributed by atoms with van der Waals surface area (Å²) in [7, 11) is -2.96. The summed E-state index contributed by atoms with van der Waals surface area (Å²) < 4.78 is 32.1. The van der Waals surface area contributed by atoms with Crippen molar-refractivity contribution in [2.45, 2.75) is 11.8 Å². The third kappa shape index (κ3) is 3.54. The lowest BCUT2D eigenvalue weighted by atomic mass is 10.1. The molecule has 0 spiro atoms. The molecule has 8 heteroatoms. The molecule has 0 bridgehead atoms. The molecule has 2 aromatic carbocycles. The number of methoxy groups -OCH3 is 1. The highest BCUT2D eigenvalue weighted by Crippen LogP contribution is 2.23. The number of rotatable bonds is 5. The van der Waals surface area contributed by atoms with Gasteiger partial charge in [-0.2, -0.15) is 0 Å². The van der Waals surface area contributed by atoms with Gasteiger partial charge in [0, 0.05) is 0 Å². The van der Waals surface area contributed by atoms with Crippen LogP contribution in [-0.4, -0.2) is 32.6 Å². The Morgan fingerprint density at radius 2 is 1.79 bits per heavy atom. The van der Waals surface area contributed by atoms with E-state index >= 15 is 0 Å². The lowest BCUT2D eigenvalue weighted by Gasteiger charge is -2.13. The number of aryl methyl sites for hydroxylation is 1. The van der Waals surface area contributed by atoms with Crippen LogP contribution in [0.3, 0.4) is 0 Å². The number of carboxylic acids is 1. The maximum Gasteiger partial charge on any atom is 0.339 e. The Labute approximate surface area is 138 Å². The molecular weight excluding hydrogens is 334 g/mol. The molecule has 0 fully saturated rings. The number of anilines is 1. The van der Waals surface area contributed by atoms with Crippen LogP contribution >= 0.6 is 0 Å². The molecule has 0 aliphatic heterocycles. The first-order valence-corrected chi connectivity index (χ1v) is 8.28. The average Bonchev–Trinajstić information content (AvgIpc) is 2.55. The Morgan fingerprint density at radius 1 is 1.12 bits per heavy atom. The summed E-state index contributed by atoms with van der Waals surface area (Å²) in [4.78, 5) is 22.5. The molecule has 0 heterocycles. The summed E-state index contributed by atoms with van der Waals surface area (Å²) in [5.41, 5.74) is 0.493. The van der Waals surface area contributed by atoms with Crippen LogP contribution in [0.5, 0.6) is 0 Å². The first-order valence-electron chi connectivity index (χ1n) is 6.80. The van der Waals surface area contributed by atoms with Crippen molar-refractivity contribution in [1.82, 2.24) is 0 Å². The molecular formula is C16H15NO6S. The molecule has 0 aliphatic carbocycles. The molecule has 24 heavy (non-hydrogen) atoms. The van der Waals surface area contributed by atoms with E-state index in [2.05, 4.69) is 9.46 Å². The highest BCUT2D eigenvalue weighted by atomic mass is 32.2. The summed E-state index contributed by atoms with van der Waals surface area (Å²) in [6, 6.07) is 9.68. The van der Waals surface area contributed by atoms with Gasteiger partial charge in [0.1, 0.15) is 4.90 Å². The van der Waals surface area contributed by atoms with Crippen LogP contribution in [0.2, 0.25) is 0 Å². The minimum Gasteiger partial charge on any atom is -0.478 e. The molecule has 0 unspecified atom stereocenters. The number of carbonyl (C=O) groups excluding carboxylic acids is 1. The number of sulfonamides is 1. The molecule has 2 N–H and O–H groups in total. The van der Waals surface area contributed by atoms with Crippen molar-refractivity contribution in [3.05, 3.63) is 59.2 Å². The Morgan fingerprint density at radius 3 is 2.42 bits per heavy atom. The fraction of sp³-hybridized carbons (Fsp3) is 0.125. The summed E-state index contributed by atoms with van der Waals surface area (Å²) >= 11 is 0. The third-order valence-electron chi connectivity index (χ3n) is 3.31. The van der Waals surface area contributed by atoms with Crippen molar-refractivity contribution >= 4 is 27.6 Å². The van der Waals surface area contributed by atoms with E-state index in [-0.39, 0.29) is 21.7 Å². The van der Waals surface area contributed by atoms with Crippen LogP contribution in [0.15, 0.2) is 47.4 Å². The number of ether oxygens (including phenoxy) is 1. The Hall–Kier alpha value is -2.87. The van der Waals surface area contributed by atoms with Gasteiger partial charge in [0.15, 0.2) is 0 Å². The van der Waals surface area contributed by atoms with E-state index < -0.39 is 22.0 Å². The molecule has 2 rings (SSSR count). The van der Waals surface area contributed by atoms with E-state index in [1.54, 1.807) is 6.92 Å². The highest BCUT2D eigenvalue weighted by Gasteiger charge is 2.23. The smallest absolute Gasteiger partial charge is 0.339 e. The molecule has 0 radical (unpaired) electrons. The minimum absolute atomic E-state index is 0.0560. The number of carbonyl (C=O) groups is 2. The summed E-state index contributed by atoms with van der Waals surface area (Å²) in [5.74, 6) is -1.96. The average molecular weight is 349 g/mol. The van der Waals surface area contributed by atoms with E-state index in [0.717, 1.165) is 7.11 Å². The molecule has 0 aliphatic rings. The van der Waals surface area contributed by atoms with Crippen molar-refractivity contribution in [3.63, 3.8) is 0 Å². The standard InChI is InChI=1S/C16H15NO6S/c1-10-7-8-11(15(18)19)9-13(10)17-24(21,22)14-6-4-3-5-12(14)16(20)23-2/h3-9,17H,1-2H3,(H,18,19). The molecule has 126 valence electrons. The third-order valence-corrected chi connectivity index (χ3v) is 4.73. The van der Waals surface area contributed by atoms with Gasteiger partial charge in [-0.15, -0.1) is 0 Å². The topological polar surface area (TPSA) is 110 Å². The van der Waals surface area contributed by atoms with Crippen molar-refractivity contribution in [2.24, 2.45) is 0 Å². The molecule has 0 atom stereocenters. The maximum absolute atomic E-state index is 12.6. The van der Waals surface area contributed by atoms with E-state index in [1.165, 1.54) is 42.5 Å². The SMILES string of the molecule is COC(=O)c1ccccc1S(=O)(=O)Nc1cc(C(=O)O)ccc1C. The first-order chi connectivity index (χ1) is 11.3. The summed E-state index contributed by atoms with van der Waals surface area (Å²) in [6.45, 7) is 1.63. The van der Waals surface area contributed by atoms with Crippen LogP contribution in [0, 0.1) is 6.92 Å². The number of nitrogens with one attached hydrogen (secondary N) is 1. The van der Waals surface area contributed by atoms with Crippen LogP contribution < -0.4 is 4.72 Å². The second-order valence-corrected chi connectivity index (χ2v) is 6.58. The van der Waals surface area contributed by atoms with Crippen molar-refractivity contribution in [1.29, 1.82) is 0 Å². The molecule has 2 aromatic rings. The monoisotopic (exact) mass is 349 g/mol. The lowest BCUT2D eigenvalue weighted by molar-refractivity contribution is 0.0595. The largest absolute Gasteiger partial charge is 0.478 e. The number of hydrogen-bond acceptors (Lipinski definition) is 5. The normalized spacial score (nSPS) is 10.9. The van der Waals surface area contributed by atoms with Gasteiger partial charge >= 0.3 is 11.9 Å².